The van der Waals surface area contributed by atoms with Crippen LogP contribution in [0.1, 0.15) is 123 Å². The first-order valence-corrected chi connectivity index (χ1v) is 21.1. The highest BCUT2D eigenvalue weighted by atomic mass is 16.9. The minimum Gasteiger partial charge on any atom is -0.369 e. The number of hydrogen-bond donors (Lipinski definition) is 6. The average molecular weight is 871 g/mol. The van der Waals surface area contributed by atoms with Crippen LogP contribution < -0.4 is 33.6 Å². The third-order valence-electron chi connectivity index (χ3n) is 12.1. The molecule has 2 aliphatic heterocycles. The normalized spacial score (nSPS) is 25.7. The van der Waals surface area contributed by atoms with Crippen molar-refractivity contribution < 1.29 is 57.2 Å². The Morgan fingerprint density at radius 1 is 0.475 bits per heavy atom. The van der Waals surface area contributed by atoms with Crippen LogP contribution in [0.4, 0.5) is 0 Å². The Hall–Kier alpha value is -3.42. The largest absolute Gasteiger partial charge is 0.369 e. The van der Waals surface area contributed by atoms with Gasteiger partial charge in [-0.3, -0.25) is 28.8 Å². The number of amides is 6. The van der Waals surface area contributed by atoms with Crippen molar-refractivity contribution in [2.75, 3.05) is 39.9 Å². The molecule has 2 rings (SSSR count). The van der Waals surface area contributed by atoms with Crippen molar-refractivity contribution in [1.82, 2.24) is 10.6 Å². The van der Waals surface area contributed by atoms with Crippen molar-refractivity contribution in [3.8, 4) is 0 Å². The molecule has 2 aliphatic rings. The van der Waals surface area contributed by atoms with Gasteiger partial charge in [-0.2, -0.15) is 0 Å². The summed E-state index contributed by atoms with van der Waals surface area (Å²) in [5, 5.41) is 5.48. The third-order valence-corrected chi connectivity index (χ3v) is 12.1. The Bertz CT molecular complexity index is 1360. The molecule has 2 fully saturated rings. The summed E-state index contributed by atoms with van der Waals surface area (Å²) < 4.78 is 35.7. The van der Waals surface area contributed by atoms with E-state index in [1.54, 1.807) is 13.8 Å². The van der Waals surface area contributed by atoms with Gasteiger partial charge in [0.1, 0.15) is 13.5 Å². The zero-order chi connectivity index (χ0) is 47.2. The zero-order valence-corrected chi connectivity index (χ0v) is 39.2. The lowest BCUT2D eigenvalue weighted by Gasteiger charge is -2.48. The first kappa shape index (κ1) is 53.7. The van der Waals surface area contributed by atoms with E-state index in [1.807, 2.05) is 83.1 Å². The number of carbonyl (C=O) groups excluding carboxylic acids is 6. The van der Waals surface area contributed by atoms with Gasteiger partial charge in [-0.15, -0.1) is 0 Å². The van der Waals surface area contributed by atoms with Crippen LogP contribution in [0.3, 0.4) is 0 Å². The van der Waals surface area contributed by atoms with Gasteiger partial charge in [-0.1, -0.05) is 83.1 Å². The molecule has 0 bridgehead atoms. The van der Waals surface area contributed by atoms with Gasteiger partial charge < -0.3 is 62.0 Å². The Balaban J connectivity index is 2.02. The van der Waals surface area contributed by atoms with Gasteiger partial charge in [0.2, 0.25) is 35.4 Å². The number of hydrogen-bond acceptors (Lipinski definition) is 12. The molecule has 2 heterocycles. The molecule has 0 aromatic rings. The molecule has 4 atom stereocenters. The molecule has 0 aromatic heterocycles. The average Bonchev–Trinajstić information content (AvgIpc) is 3.08. The van der Waals surface area contributed by atoms with Gasteiger partial charge >= 0.3 is 0 Å². The zero-order valence-electron chi connectivity index (χ0n) is 39.2. The molecule has 2 saturated heterocycles. The van der Waals surface area contributed by atoms with E-state index in [1.165, 1.54) is 0 Å². The molecular weight excluding hydrogens is 793 g/mol. The predicted molar refractivity (Wildman–Crippen MR) is 225 cm³/mol. The maximum absolute atomic E-state index is 13.6. The van der Waals surface area contributed by atoms with Gasteiger partial charge in [0, 0.05) is 49.4 Å². The van der Waals surface area contributed by atoms with Gasteiger partial charge in [0.05, 0.1) is 31.8 Å². The molecule has 61 heavy (non-hydrogen) atoms. The SMILES string of the molecule is CC1(OCNC(=O)C(CC(C(N)=O)C(C)(C)C)CC(C(N)=O)C(C)(C)C)OCC2(CO1)COC(C)(OCNC(=O)C(CC(C(N)=O)C(C)(C)C)CC(C(N)=O)C(C)(C)C)OC2. The Morgan fingerprint density at radius 2 is 0.689 bits per heavy atom. The molecule has 4 unspecified atom stereocenters. The molecule has 6 amide bonds. The smallest absolute Gasteiger partial charge is 0.281 e. The van der Waals surface area contributed by atoms with Crippen LogP contribution >= 0.6 is 0 Å². The van der Waals surface area contributed by atoms with Gasteiger partial charge in [0.15, 0.2) is 0 Å². The molecular formula is C43H78N6O12. The number of primary amides is 4. The summed E-state index contributed by atoms with van der Waals surface area (Å²) in [5.41, 5.74) is 20.1. The first-order chi connectivity index (χ1) is 27.5. The summed E-state index contributed by atoms with van der Waals surface area (Å²) in [6.07, 6.45) is 0.431. The standard InChI is InChI=1S/C43H78N6O12/c1-37(2,3)27(31(44)50)15-25(16-28(32(45)51)38(4,5)6)35(54)48-23-60-41(13)56-19-43(20-57-41)21-58-42(14,59-22-43)61-24-49-36(55)26(17-29(33(46)52)39(7,8)9)18-30(34(47)53)40(10,11)12/h25-30H,15-24H2,1-14H3,(H2,44,50)(H2,45,51)(H2,46,52)(H2,47,53)(H,48,54)(H,49,55). The Morgan fingerprint density at radius 3 is 0.869 bits per heavy atom. The second-order valence-corrected chi connectivity index (χ2v) is 21.7. The maximum Gasteiger partial charge on any atom is 0.281 e. The maximum atomic E-state index is 13.6. The van der Waals surface area contributed by atoms with Crippen molar-refractivity contribution in [3.63, 3.8) is 0 Å². The second-order valence-electron chi connectivity index (χ2n) is 21.7. The van der Waals surface area contributed by atoms with Crippen LogP contribution in [-0.2, 0) is 57.2 Å². The van der Waals surface area contributed by atoms with E-state index < -0.39 is 110 Å². The number of carbonyl (C=O) groups is 6. The van der Waals surface area contributed by atoms with E-state index in [9.17, 15) is 28.8 Å². The summed E-state index contributed by atoms with van der Waals surface area (Å²) >= 11 is 0. The van der Waals surface area contributed by atoms with Crippen molar-refractivity contribution in [2.45, 2.75) is 135 Å². The van der Waals surface area contributed by atoms with Crippen molar-refractivity contribution >= 4 is 35.4 Å². The fourth-order valence-corrected chi connectivity index (χ4v) is 7.75. The fraction of sp³-hybridized carbons (Fsp3) is 0.860. The van der Waals surface area contributed by atoms with Gasteiger partial charge in [-0.05, 0) is 47.3 Å². The van der Waals surface area contributed by atoms with Crippen molar-refractivity contribution in [1.29, 1.82) is 0 Å². The summed E-state index contributed by atoms with van der Waals surface area (Å²) in [6.45, 7) is 25.3. The lowest BCUT2D eigenvalue weighted by atomic mass is 9.70. The van der Waals surface area contributed by atoms with Crippen molar-refractivity contribution in [3.05, 3.63) is 0 Å². The van der Waals surface area contributed by atoms with E-state index in [-0.39, 0.29) is 65.6 Å². The molecule has 0 saturated carbocycles. The van der Waals surface area contributed by atoms with Gasteiger partial charge in [0.25, 0.3) is 11.9 Å². The molecule has 10 N–H and O–H groups in total. The Labute approximate surface area is 362 Å². The molecule has 0 radical (unpaired) electrons. The number of ether oxygens (including phenoxy) is 6. The van der Waals surface area contributed by atoms with Crippen LogP contribution in [0.25, 0.3) is 0 Å². The minimum absolute atomic E-state index is 0.0932. The highest BCUT2D eigenvalue weighted by Gasteiger charge is 2.50. The number of nitrogens with two attached hydrogens (primary N) is 4. The van der Waals surface area contributed by atoms with E-state index >= 15 is 0 Å². The molecule has 0 aliphatic carbocycles. The van der Waals surface area contributed by atoms with E-state index in [4.69, 9.17) is 51.4 Å². The quantitative estimate of drug-likeness (QED) is 0.0964. The summed E-state index contributed by atoms with van der Waals surface area (Å²) in [4.78, 5) is 77.1. The summed E-state index contributed by atoms with van der Waals surface area (Å²) in [6, 6.07) is 0. The number of rotatable bonds is 20. The molecule has 18 heteroatoms. The topological polar surface area (TPSA) is 286 Å². The monoisotopic (exact) mass is 871 g/mol. The fourth-order valence-electron chi connectivity index (χ4n) is 7.75. The van der Waals surface area contributed by atoms with Crippen LogP contribution in [0.2, 0.25) is 0 Å². The molecule has 352 valence electrons. The molecule has 0 aromatic carbocycles. The van der Waals surface area contributed by atoms with Crippen LogP contribution in [0.5, 0.6) is 0 Å². The second kappa shape index (κ2) is 20.4. The van der Waals surface area contributed by atoms with Crippen LogP contribution in [0.15, 0.2) is 0 Å². The Kier molecular flexibility index (Phi) is 18.0. The lowest BCUT2D eigenvalue weighted by molar-refractivity contribution is -0.456. The minimum atomic E-state index is -1.55. The van der Waals surface area contributed by atoms with Crippen LogP contribution in [0, 0.1) is 62.6 Å². The first-order valence-electron chi connectivity index (χ1n) is 21.1. The summed E-state index contributed by atoms with van der Waals surface area (Å²) in [5.74, 6) is -10.3. The molecule has 18 nitrogen and oxygen atoms in total. The van der Waals surface area contributed by atoms with Crippen molar-refractivity contribution in [2.24, 2.45) is 85.5 Å². The summed E-state index contributed by atoms with van der Waals surface area (Å²) in [7, 11) is 0. The highest BCUT2D eigenvalue weighted by molar-refractivity contribution is 5.84. The van der Waals surface area contributed by atoms with E-state index in [0.717, 1.165) is 0 Å². The third kappa shape index (κ3) is 16.0. The van der Waals surface area contributed by atoms with E-state index in [0.29, 0.717) is 0 Å². The predicted octanol–water partition coefficient (Wildman–Crippen LogP) is 2.98. The number of nitrogens with one attached hydrogen (secondary N) is 2. The lowest BCUT2D eigenvalue weighted by Crippen LogP contribution is -2.59. The van der Waals surface area contributed by atoms with Crippen LogP contribution in [-0.4, -0.2) is 87.3 Å². The van der Waals surface area contributed by atoms with Gasteiger partial charge in [-0.25, -0.2) is 0 Å². The molecule has 1 spiro atoms. The highest BCUT2D eigenvalue weighted by Crippen LogP contribution is 2.40. The van der Waals surface area contributed by atoms with E-state index in [2.05, 4.69) is 10.6 Å².